The number of nitrogens with zero attached hydrogens (tertiary/aromatic N) is 3. The maximum atomic E-state index is 11.4. The third-order valence-electron chi connectivity index (χ3n) is 6.71. The maximum absolute atomic E-state index is 11.4. The van der Waals surface area contributed by atoms with E-state index in [1.165, 1.54) is 19.3 Å². The smallest absolute Gasteiger partial charge is 0.145 e. The molecule has 0 amide bonds. The second-order valence-corrected chi connectivity index (χ2v) is 8.37. The highest BCUT2D eigenvalue weighted by Crippen LogP contribution is 2.39. The molecule has 1 fully saturated rings. The van der Waals surface area contributed by atoms with E-state index in [2.05, 4.69) is 21.7 Å². The fourth-order valence-electron chi connectivity index (χ4n) is 4.67. The van der Waals surface area contributed by atoms with Crippen molar-refractivity contribution >= 4 is 5.84 Å². The van der Waals surface area contributed by atoms with Gasteiger partial charge in [-0.1, -0.05) is 81.8 Å². The van der Waals surface area contributed by atoms with E-state index in [0.29, 0.717) is 24.7 Å². The van der Waals surface area contributed by atoms with Crippen molar-refractivity contribution in [3.05, 3.63) is 77.2 Å². The van der Waals surface area contributed by atoms with Crippen LogP contribution in [-0.2, 0) is 12.1 Å². The largest absolute Gasteiger partial charge is 0.382 e. The number of amidine groups is 1. The standard InChI is InChI=1S/C25H28N4O.C2H6/c1-2-25(30,19-9-4-3-5-10-19)20-13-11-17(12-14-20)21-22-23(26)27-15-16-29(22)24(28-21)18-7-6-8-18;1-2/h3-5,9-14,18,30H,2,6-8,15-16H2,1H3,(H2,26,27);1-2H3. The zero-order valence-corrected chi connectivity index (χ0v) is 19.4. The van der Waals surface area contributed by atoms with Crippen LogP contribution < -0.4 is 5.73 Å². The molecule has 0 bridgehead atoms. The predicted octanol–water partition coefficient (Wildman–Crippen LogP) is 5.21. The minimum atomic E-state index is -1.01. The molecular weight excluding hydrogens is 396 g/mol. The van der Waals surface area contributed by atoms with Gasteiger partial charge >= 0.3 is 0 Å². The molecule has 2 heterocycles. The van der Waals surface area contributed by atoms with Gasteiger partial charge in [-0.2, -0.15) is 0 Å². The lowest BCUT2D eigenvalue weighted by molar-refractivity contribution is 0.0765. The van der Waals surface area contributed by atoms with Crippen LogP contribution in [0.5, 0.6) is 0 Å². The van der Waals surface area contributed by atoms with E-state index in [1.54, 1.807) is 0 Å². The fourth-order valence-corrected chi connectivity index (χ4v) is 4.67. The van der Waals surface area contributed by atoms with Crippen molar-refractivity contribution in [1.82, 2.24) is 9.55 Å². The van der Waals surface area contributed by atoms with E-state index >= 15 is 0 Å². The van der Waals surface area contributed by atoms with Crippen molar-refractivity contribution in [1.29, 1.82) is 0 Å². The number of imidazole rings is 1. The number of fused-ring (bicyclic) bond motifs is 1. The highest BCUT2D eigenvalue weighted by Gasteiger charge is 2.32. The molecule has 0 spiro atoms. The summed E-state index contributed by atoms with van der Waals surface area (Å²) in [5.74, 6) is 2.27. The quantitative estimate of drug-likeness (QED) is 0.583. The molecule has 3 aromatic rings. The van der Waals surface area contributed by atoms with E-state index in [-0.39, 0.29) is 0 Å². The van der Waals surface area contributed by atoms with Crippen LogP contribution >= 0.6 is 0 Å². The number of aliphatic imine (C=N–C) groups is 1. The Balaban J connectivity index is 0.00000119. The Kier molecular flexibility index (Phi) is 6.47. The Morgan fingerprint density at radius 2 is 1.69 bits per heavy atom. The van der Waals surface area contributed by atoms with E-state index < -0.39 is 5.60 Å². The summed E-state index contributed by atoms with van der Waals surface area (Å²) in [7, 11) is 0. The summed E-state index contributed by atoms with van der Waals surface area (Å²) >= 11 is 0. The Labute approximate surface area is 191 Å². The molecule has 2 aromatic carbocycles. The van der Waals surface area contributed by atoms with Crippen LogP contribution in [0.4, 0.5) is 0 Å². The van der Waals surface area contributed by atoms with Crippen LogP contribution in [-0.4, -0.2) is 27.0 Å². The van der Waals surface area contributed by atoms with Crippen molar-refractivity contribution in [2.45, 2.75) is 64.5 Å². The maximum Gasteiger partial charge on any atom is 0.145 e. The first-order valence-corrected chi connectivity index (χ1v) is 11.9. The third-order valence-corrected chi connectivity index (χ3v) is 6.71. The zero-order valence-electron chi connectivity index (χ0n) is 19.4. The highest BCUT2D eigenvalue weighted by atomic mass is 16.3. The van der Waals surface area contributed by atoms with E-state index in [4.69, 9.17) is 10.7 Å². The molecule has 5 heteroatoms. The molecule has 1 aromatic heterocycles. The van der Waals surface area contributed by atoms with Gasteiger partial charge in [-0.05, 0) is 30.4 Å². The normalized spacial score (nSPS) is 17.3. The summed E-state index contributed by atoms with van der Waals surface area (Å²) in [6.45, 7) is 7.57. The van der Waals surface area contributed by atoms with Gasteiger partial charge in [-0.15, -0.1) is 0 Å². The lowest BCUT2D eigenvalue weighted by Crippen LogP contribution is -2.27. The molecule has 1 atom stereocenters. The molecule has 1 unspecified atom stereocenters. The van der Waals surface area contributed by atoms with Crippen molar-refractivity contribution in [2.75, 3.05) is 6.54 Å². The summed E-state index contributed by atoms with van der Waals surface area (Å²) in [5.41, 5.74) is 9.95. The molecule has 1 saturated carbocycles. The van der Waals surface area contributed by atoms with Crippen LogP contribution in [0.3, 0.4) is 0 Å². The Morgan fingerprint density at radius 3 is 2.28 bits per heavy atom. The van der Waals surface area contributed by atoms with Gasteiger partial charge in [-0.25, -0.2) is 4.98 Å². The number of rotatable bonds is 5. The number of nitrogens with two attached hydrogens (primary N) is 1. The van der Waals surface area contributed by atoms with Crippen molar-refractivity contribution in [3.8, 4) is 11.3 Å². The molecule has 0 radical (unpaired) electrons. The van der Waals surface area contributed by atoms with E-state index in [0.717, 1.165) is 40.4 Å². The third kappa shape index (κ3) is 3.75. The van der Waals surface area contributed by atoms with Gasteiger partial charge in [0.05, 0.1) is 12.2 Å². The molecule has 5 nitrogen and oxygen atoms in total. The van der Waals surface area contributed by atoms with Crippen molar-refractivity contribution in [2.24, 2.45) is 10.7 Å². The summed E-state index contributed by atoms with van der Waals surface area (Å²) in [6.07, 6.45) is 4.27. The van der Waals surface area contributed by atoms with Gasteiger partial charge in [0.25, 0.3) is 0 Å². The van der Waals surface area contributed by atoms with Gasteiger partial charge in [0.1, 0.15) is 23.0 Å². The highest BCUT2D eigenvalue weighted by molar-refractivity contribution is 6.02. The average molecular weight is 431 g/mol. The molecule has 1 aliphatic heterocycles. The summed E-state index contributed by atoms with van der Waals surface area (Å²) in [6, 6.07) is 18.0. The second-order valence-electron chi connectivity index (χ2n) is 8.37. The minimum absolute atomic E-state index is 0.533. The Hall–Kier alpha value is -2.92. The number of benzene rings is 2. The van der Waals surface area contributed by atoms with E-state index in [1.807, 2.05) is 63.2 Å². The second kappa shape index (κ2) is 9.29. The van der Waals surface area contributed by atoms with Crippen LogP contribution in [0, 0.1) is 0 Å². The zero-order chi connectivity index (χ0) is 22.7. The lowest BCUT2D eigenvalue weighted by atomic mass is 9.84. The molecule has 0 saturated heterocycles. The monoisotopic (exact) mass is 430 g/mol. The molecule has 3 N–H and O–H groups in total. The topological polar surface area (TPSA) is 76.4 Å². The number of aliphatic hydroxyl groups is 1. The van der Waals surface area contributed by atoms with Gasteiger partial charge in [0.15, 0.2) is 0 Å². The molecule has 1 aliphatic carbocycles. The minimum Gasteiger partial charge on any atom is -0.382 e. The summed E-state index contributed by atoms with van der Waals surface area (Å²) < 4.78 is 2.28. The van der Waals surface area contributed by atoms with Gasteiger partial charge in [0.2, 0.25) is 0 Å². The Bertz CT molecular complexity index is 1080. The van der Waals surface area contributed by atoms with Crippen LogP contribution in [0.2, 0.25) is 0 Å². The lowest BCUT2D eigenvalue weighted by Gasteiger charge is -2.28. The first-order chi connectivity index (χ1) is 15.6. The van der Waals surface area contributed by atoms with Gasteiger partial charge < -0.3 is 15.4 Å². The number of hydrogen-bond donors (Lipinski definition) is 2. The molecule has 168 valence electrons. The van der Waals surface area contributed by atoms with Crippen LogP contribution in [0.15, 0.2) is 59.6 Å². The number of aromatic nitrogens is 2. The predicted molar refractivity (Wildman–Crippen MR) is 131 cm³/mol. The van der Waals surface area contributed by atoms with Crippen LogP contribution in [0.1, 0.15) is 75.0 Å². The fraction of sp³-hybridized carbons (Fsp3) is 0.407. The molecule has 5 rings (SSSR count). The molecular formula is C27H34N4O. The summed E-state index contributed by atoms with van der Waals surface area (Å²) in [4.78, 5) is 9.52. The first-order valence-electron chi connectivity index (χ1n) is 11.9. The van der Waals surface area contributed by atoms with Gasteiger partial charge in [0, 0.05) is 18.0 Å². The first kappa shape index (κ1) is 22.3. The van der Waals surface area contributed by atoms with Crippen molar-refractivity contribution in [3.63, 3.8) is 0 Å². The van der Waals surface area contributed by atoms with Crippen LogP contribution in [0.25, 0.3) is 11.3 Å². The molecule has 2 aliphatic rings. The number of hydrogen-bond acceptors (Lipinski definition) is 4. The van der Waals surface area contributed by atoms with E-state index in [9.17, 15) is 5.11 Å². The Morgan fingerprint density at radius 1 is 1.03 bits per heavy atom. The van der Waals surface area contributed by atoms with Crippen molar-refractivity contribution < 1.29 is 5.11 Å². The molecule has 32 heavy (non-hydrogen) atoms. The van der Waals surface area contributed by atoms with Gasteiger partial charge in [-0.3, -0.25) is 4.99 Å². The summed E-state index contributed by atoms with van der Waals surface area (Å²) in [5, 5.41) is 11.4. The SMILES string of the molecule is CC.CCC(O)(c1ccccc1)c1ccc(-c2nc(C3CCC3)n3c2C(N)=NCC3)cc1. The average Bonchev–Trinajstić information content (AvgIpc) is 3.20.